The zero-order valence-corrected chi connectivity index (χ0v) is 16.0. The van der Waals surface area contributed by atoms with E-state index in [0.29, 0.717) is 6.54 Å². The minimum absolute atomic E-state index is 0.0998. The molecule has 4 rings (SSSR count). The third-order valence-electron chi connectivity index (χ3n) is 5.82. The number of likely N-dealkylation sites (N-methyl/N-ethyl adjacent to an activating group) is 1. The molecule has 0 aromatic heterocycles. The molecule has 2 aliphatic heterocycles. The normalized spacial score (nSPS) is 19.7. The lowest BCUT2D eigenvalue weighted by molar-refractivity contribution is -0.112. The largest absolute Gasteiger partial charge is 0.374 e. The Labute approximate surface area is 155 Å². The van der Waals surface area contributed by atoms with Crippen molar-refractivity contribution in [2.75, 3.05) is 29.9 Å². The van der Waals surface area contributed by atoms with Crippen LogP contribution in [-0.2, 0) is 10.2 Å². The van der Waals surface area contributed by atoms with Crippen LogP contribution in [0, 0.1) is 0 Å². The number of amides is 1. The van der Waals surface area contributed by atoms with Gasteiger partial charge in [0.05, 0.1) is 5.69 Å². The number of rotatable bonds is 2. The van der Waals surface area contributed by atoms with Crippen molar-refractivity contribution in [2.45, 2.75) is 32.6 Å². The van der Waals surface area contributed by atoms with E-state index in [-0.39, 0.29) is 11.3 Å². The van der Waals surface area contributed by atoms with Crippen molar-refractivity contribution >= 4 is 28.9 Å². The molecule has 0 atom stereocenters. The summed E-state index contributed by atoms with van der Waals surface area (Å²) in [6.45, 7) is 8.41. The first-order valence-electron chi connectivity index (χ1n) is 9.41. The molecule has 3 heteroatoms. The van der Waals surface area contributed by atoms with Gasteiger partial charge in [0.1, 0.15) is 0 Å². The smallest absolute Gasteiger partial charge is 0.258 e. The van der Waals surface area contributed by atoms with Gasteiger partial charge in [-0.1, -0.05) is 38.1 Å². The number of carbonyl (C=O) groups excluding carboxylic acids is 1. The van der Waals surface area contributed by atoms with Gasteiger partial charge in [-0.15, -0.1) is 0 Å². The van der Waals surface area contributed by atoms with E-state index in [2.05, 4.69) is 50.1 Å². The highest BCUT2D eigenvalue weighted by Gasteiger charge is 2.32. The topological polar surface area (TPSA) is 23.6 Å². The maximum atomic E-state index is 12.9. The Hall–Kier alpha value is -2.55. The minimum Gasteiger partial charge on any atom is -0.374 e. The number of para-hydroxylation sites is 1. The van der Waals surface area contributed by atoms with Gasteiger partial charge in [-0.25, -0.2) is 0 Å². The van der Waals surface area contributed by atoms with Crippen LogP contribution in [0.2, 0.25) is 0 Å². The van der Waals surface area contributed by atoms with Crippen molar-refractivity contribution in [2.24, 2.45) is 0 Å². The molecule has 0 radical (unpaired) electrons. The summed E-state index contributed by atoms with van der Waals surface area (Å²) in [5.74, 6) is 0.0998. The first kappa shape index (κ1) is 16.9. The quantitative estimate of drug-likeness (QED) is 0.735. The number of nitrogens with zero attached hydrogens (tertiary/aromatic N) is 2. The molecule has 3 nitrogen and oxygen atoms in total. The summed E-state index contributed by atoms with van der Waals surface area (Å²) in [5.41, 5.74) is 6.78. The number of fused-ring (bicyclic) bond motifs is 2. The van der Waals surface area contributed by atoms with Crippen molar-refractivity contribution in [3.63, 3.8) is 0 Å². The number of carbonyl (C=O) groups is 1. The van der Waals surface area contributed by atoms with Gasteiger partial charge in [0.15, 0.2) is 0 Å². The molecule has 0 fully saturated rings. The van der Waals surface area contributed by atoms with E-state index in [4.69, 9.17) is 0 Å². The van der Waals surface area contributed by atoms with Gasteiger partial charge in [-0.3, -0.25) is 4.79 Å². The van der Waals surface area contributed by atoms with Crippen molar-refractivity contribution in [1.82, 2.24) is 0 Å². The molecule has 26 heavy (non-hydrogen) atoms. The average molecular weight is 346 g/mol. The Morgan fingerprint density at radius 3 is 2.65 bits per heavy atom. The summed E-state index contributed by atoms with van der Waals surface area (Å²) in [4.78, 5) is 17.1. The van der Waals surface area contributed by atoms with Gasteiger partial charge >= 0.3 is 0 Å². The lowest BCUT2D eigenvalue weighted by atomic mass is 9.77. The minimum atomic E-state index is 0.0998. The summed E-state index contributed by atoms with van der Waals surface area (Å²) in [7, 11) is 2.15. The Morgan fingerprint density at radius 1 is 1.12 bits per heavy atom. The zero-order chi connectivity index (χ0) is 18.5. The van der Waals surface area contributed by atoms with E-state index in [0.717, 1.165) is 35.4 Å². The van der Waals surface area contributed by atoms with Crippen LogP contribution in [0.3, 0.4) is 0 Å². The van der Waals surface area contributed by atoms with Crippen LogP contribution in [-0.4, -0.2) is 26.0 Å². The molecule has 0 spiro atoms. The van der Waals surface area contributed by atoms with Crippen molar-refractivity contribution in [1.29, 1.82) is 0 Å². The summed E-state index contributed by atoms with van der Waals surface area (Å²) in [5, 5.41) is 0. The molecule has 2 aliphatic rings. The standard InChI is InChI=1S/C23H26N2O/c1-5-25-20-9-7-6-8-17(20)18(22(25)26)14-16-10-11-21-19(15-16)23(2,3)12-13-24(21)4/h6-11,14-15H,5,12-13H2,1-4H3. The van der Waals surface area contributed by atoms with E-state index in [9.17, 15) is 4.79 Å². The van der Waals surface area contributed by atoms with Crippen molar-refractivity contribution < 1.29 is 4.79 Å². The first-order valence-corrected chi connectivity index (χ1v) is 9.41. The molecule has 2 aromatic rings. The fourth-order valence-electron chi connectivity index (χ4n) is 4.15. The predicted molar refractivity (Wildman–Crippen MR) is 110 cm³/mol. The third kappa shape index (κ3) is 2.54. The molecule has 2 heterocycles. The number of anilines is 2. The Balaban J connectivity index is 1.82. The van der Waals surface area contributed by atoms with E-state index >= 15 is 0 Å². The fraction of sp³-hybridized carbons (Fsp3) is 0.348. The molecule has 0 aliphatic carbocycles. The van der Waals surface area contributed by atoms with Gasteiger partial charge in [-0.05, 0) is 54.2 Å². The zero-order valence-electron chi connectivity index (χ0n) is 16.0. The molecular weight excluding hydrogens is 320 g/mol. The average Bonchev–Trinajstić information content (AvgIpc) is 2.90. The molecule has 0 bridgehead atoms. The monoisotopic (exact) mass is 346 g/mol. The number of benzene rings is 2. The van der Waals surface area contributed by atoms with Gasteiger partial charge in [-0.2, -0.15) is 0 Å². The SMILES string of the molecule is CCN1C(=O)C(=Cc2ccc3c(c2)C(C)(C)CCN3C)c2ccccc21. The van der Waals surface area contributed by atoms with E-state index < -0.39 is 0 Å². The molecular formula is C23H26N2O. The second-order valence-electron chi connectivity index (χ2n) is 7.96. The highest BCUT2D eigenvalue weighted by atomic mass is 16.2. The van der Waals surface area contributed by atoms with Crippen molar-refractivity contribution in [3.8, 4) is 0 Å². The van der Waals surface area contributed by atoms with E-state index in [1.54, 1.807) is 0 Å². The Morgan fingerprint density at radius 2 is 1.88 bits per heavy atom. The highest BCUT2D eigenvalue weighted by molar-refractivity contribution is 6.35. The summed E-state index contributed by atoms with van der Waals surface area (Å²) in [6, 6.07) is 14.7. The molecule has 0 saturated carbocycles. The third-order valence-corrected chi connectivity index (χ3v) is 5.82. The van der Waals surface area contributed by atoms with Gasteiger partial charge in [0.2, 0.25) is 0 Å². The maximum absolute atomic E-state index is 12.9. The molecule has 2 aromatic carbocycles. The van der Waals surface area contributed by atoms with E-state index in [1.807, 2.05) is 36.1 Å². The Bertz CT molecular complexity index is 910. The number of hydrogen-bond donors (Lipinski definition) is 0. The van der Waals surface area contributed by atoms with Crippen LogP contribution >= 0.6 is 0 Å². The molecule has 134 valence electrons. The summed E-state index contributed by atoms with van der Waals surface area (Å²) >= 11 is 0. The lowest BCUT2D eigenvalue weighted by Crippen LogP contribution is -2.34. The van der Waals surface area contributed by atoms with Gasteiger partial charge in [0.25, 0.3) is 5.91 Å². The maximum Gasteiger partial charge on any atom is 0.258 e. The van der Waals surface area contributed by atoms with Crippen molar-refractivity contribution in [3.05, 3.63) is 59.2 Å². The van der Waals surface area contributed by atoms with Crippen LogP contribution in [0.4, 0.5) is 11.4 Å². The van der Waals surface area contributed by atoms with Gasteiger partial charge in [0, 0.05) is 37.0 Å². The van der Waals surface area contributed by atoms with Crippen LogP contribution < -0.4 is 9.80 Å². The predicted octanol–water partition coefficient (Wildman–Crippen LogP) is 4.71. The molecule has 0 saturated heterocycles. The van der Waals surface area contributed by atoms with E-state index in [1.165, 1.54) is 11.3 Å². The fourth-order valence-corrected chi connectivity index (χ4v) is 4.15. The summed E-state index contributed by atoms with van der Waals surface area (Å²) < 4.78 is 0. The lowest BCUT2D eigenvalue weighted by Gasteiger charge is -2.38. The number of hydrogen-bond acceptors (Lipinski definition) is 2. The molecule has 0 unspecified atom stereocenters. The Kier molecular flexibility index (Phi) is 3.91. The molecule has 0 N–H and O–H groups in total. The first-order chi connectivity index (χ1) is 12.4. The second-order valence-corrected chi connectivity index (χ2v) is 7.96. The molecule has 1 amide bonds. The second kappa shape index (κ2) is 6.01. The van der Waals surface area contributed by atoms with Crippen LogP contribution in [0.25, 0.3) is 11.6 Å². The van der Waals surface area contributed by atoms with Crippen LogP contribution in [0.15, 0.2) is 42.5 Å². The van der Waals surface area contributed by atoms with Crippen LogP contribution in [0.5, 0.6) is 0 Å². The van der Waals surface area contributed by atoms with Gasteiger partial charge < -0.3 is 9.80 Å². The highest BCUT2D eigenvalue weighted by Crippen LogP contribution is 2.41. The van der Waals surface area contributed by atoms with Crippen LogP contribution in [0.1, 0.15) is 43.9 Å². The summed E-state index contributed by atoms with van der Waals surface area (Å²) in [6.07, 6.45) is 3.20.